The largest absolute Gasteiger partial charge is 2.00 e. The van der Waals surface area contributed by atoms with E-state index in [4.69, 9.17) is 0 Å². The van der Waals surface area contributed by atoms with E-state index in [1.54, 1.807) is 18.2 Å². The van der Waals surface area contributed by atoms with Crippen molar-refractivity contribution in [3.63, 3.8) is 0 Å². The molecule has 2 heteroatoms. The summed E-state index contributed by atoms with van der Waals surface area (Å²) < 4.78 is 0. The third-order valence-electron chi connectivity index (χ3n) is 0.860. The Labute approximate surface area is 92.8 Å². The van der Waals surface area contributed by atoms with Gasteiger partial charge in [0.25, 0.3) is 0 Å². The zero-order valence-electron chi connectivity index (χ0n) is 6.00. The van der Waals surface area contributed by atoms with Crippen molar-refractivity contribution >= 4 is 51.8 Å². The summed E-state index contributed by atoms with van der Waals surface area (Å²) in [5.74, 6) is 0. The van der Waals surface area contributed by atoms with Crippen LogP contribution in [-0.2, 0) is 0 Å². The Kier molecular flexibility index (Phi) is 5.39. The minimum Gasteiger partial charge on any atom is -1.00 e. The van der Waals surface area contributed by atoms with E-state index < -0.39 is 0 Å². The van der Waals surface area contributed by atoms with Gasteiger partial charge >= 0.3 is 45.5 Å². The van der Waals surface area contributed by atoms with Crippen LogP contribution >= 0.6 is 0 Å². The Hall–Kier alpha value is 0.371. The topological polar surface area (TPSA) is 17.1 Å². The smallest absolute Gasteiger partial charge is 1.00 e. The minimum atomic E-state index is 0. The molecule has 0 radical (unpaired) electrons. The van der Waals surface area contributed by atoms with Gasteiger partial charge in [-0.3, -0.25) is 0 Å². The van der Waals surface area contributed by atoms with Gasteiger partial charge in [-0.25, -0.2) is 0 Å². The molecule has 1 aromatic carbocycles. The average molecular weight is 194 g/mol. The van der Waals surface area contributed by atoms with Gasteiger partial charge in [-0.05, 0) is 0 Å². The van der Waals surface area contributed by atoms with Gasteiger partial charge in [-0.2, -0.15) is 0 Å². The van der Waals surface area contributed by atoms with E-state index in [9.17, 15) is 4.79 Å². The SMILES string of the molecule is O=Cc1[c-]cccc1.[H-].[Sr+2]. The predicted octanol–water partition coefficient (Wildman–Crippen LogP) is 1.03. The van der Waals surface area contributed by atoms with Crippen molar-refractivity contribution < 1.29 is 6.22 Å². The predicted molar refractivity (Wildman–Crippen MR) is 37.5 cm³/mol. The normalized spacial score (nSPS) is 7.56. The maximum absolute atomic E-state index is 9.98. The molecule has 9 heavy (non-hydrogen) atoms. The first-order valence-electron chi connectivity index (χ1n) is 2.35. The molecule has 42 valence electrons. The Balaban J connectivity index is 0. The molecule has 0 aromatic heterocycles. The number of carbonyl (C=O) groups is 1. The number of carbonyl (C=O) groups excluding carboxylic acids is 1. The summed E-state index contributed by atoms with van der Waals surface area (Å²) >= 11 is 0. The van der Waals surface area contributed by atoms with Crippen LogP contribution in [0.3, 0.4) is 0 Å². The molecule has 0 atom stereocenters. The zero-order valence-corrected chi connectivity index (χ0v) is 8.48. The molecule has 0 aliphatic rings. The summed E-state index contributed by atoms with van der Waals surface area (Å²) in [4.78, 5) is 9.98. The van der Waals surface area contributed by atoms with Crippen molar-refractivity contribution in [1.29, 1.82) is 0 Å². The molecule has 0 saturated carbocycles. The van der Waals surface area contributed by atoms with E-state index >= 15 is 0 Å². The average Bonchev–Trinajstić information content (AvgIpc) is 1.90. The van der Waals surface area contributed by atoms with Crippen molar-refractivity contribution in [3.05, 3.63) is 35.9 Å². The van der Waals surface area contributed by atoms with Crippen LogP contribution in [0.5, 0.6) is 0 Å². The fraction of sp³-hybridized carbons (Fsp3) is 0. The van der Waals surface area contributed by atoms with E-state index in [2.05, 4.69) is 6.07 Å². The van der Waals surface area contributed by atoms with E-state index in [1.165, 1.54) is 0 Å². The van der Waals surface area contributed by atoms with Crippen LogP contribution in [0.2, 0.25) is 0 Å². The maximum atomic E-state index is 9.98. The van der Waals surface area contributed by atoms with Gasteiger partial charge < -0.3 is 6.22 Å². The van der Waals surface area contributed by atoms with Gasteiger partial charge in [0.1, 0.15) is 0 Å². The van der Waals surface area contributed by atoms with Crippen molar-refractivity contribution in [1.82, 2.24) is 0 Å². The maximum Gasteiger partial charge on any atom is 2.00 e. The molecule has 0 N–H and O–H groups in total. The summed E-state index contributed by atoms with van der Waals surface area (Å²) in [6.07, 6.45) is 0.778. The summed E-state index contributed by atoms with van der Waals surface area (Å²) in [5.41, 5.74) is 0.604. The number of benzene rings is 1. The summed E-state index contributed by atoms with van der Waals surface area (Å²) in [7, 11) is 0. The van der Waals surface area contributed by atoms with Gasteiger partial charge in [0, 0.05) is 0 Å². The van der Waals surface area contributed by atoms with Crippen molar-refractivity contribution in [2.24, 2.45) is 0 Å². The molecule has 0 aliphatic heterocycles. The number of hydrogen-bond acceptors (Lipinski definition) is 1. The first-order chi connectivity index (χ1) is 3.93. The molecule has 0 saturated heterocycles. The molecular weight excluding hydrogens is 188 g/mol. The van der Waals surface area contributed by atoms with Crippen molar-refractivity contribution in [3.8, 4) is 0 Å². The van der Waals surface area contributed by atoms with E-state index in [0.717, 1.165) is 6.29 Å². The standard InChI is InChI=1S/C7H5O.Sr.H/c8-6-7-4-2-1-3-5-7;;/h1-4,6H;;/q-1;+2;-1. The van der Waals surface area contributed by atoms with Gasteiger partial charge in [-0.1, -0.05) is 0 Å². The second kappa shape index (κ2) is 5.18. The quantitative estimate of drug-likeness (QED) is 0.370. The third kappa shape index (κ3) is 3.16. The Morgan fingerprint density at radius 2 is 2.33 bits per heavy atom. The van der Waals surface area contributed by atoms with E-state index in [0.29, 0.717) is 5.56 Å². The van der Waals surface area contributed by atoms with Crippen LogP contribution in [-0.4, -0.2) is 51.8 Å². The summed E-state index contributed by atoms with van der Waals surface area (Å²) in [6.45, 7) is 0. The molecule has 0 amide bonds. The Bertz CT molecular complexity index is 176. The molecule has 0 fully saturated rings. The van der Waals surface area contributed by atoms with Gasteiger partial charge in [0.15, 0.2) is 0 Å². The third-order valence-corrected chi connectivity index (χ3v) is 0.860. The molecule has 1 rings (SSSR count). The molecule has 0 heterocycles. The Morgan fingerprint density at radius 1 is 1.56 bits per heavy atom. The number of hydrogen-bond donors (Lipinski definition) is 0. The number of aldehydes is 1. The molecule has 0 bridgehead atoms. The molecule has 1 aromatic rings. The van der Waals surface area contributed by atoms with Crippen molar-refractivity contribution in [2.75, 3.05) is 0 Å². The Morgan fingerprint density at radius 3 is 2.67 bits per heavy atom. The summed E-state index contributed by atoms with van der Waals surface area (Å²) in [6, 6.07) is 9.81. The molecule has 0 spiro atoms. The van der Waals surface area contributed by atoms with Crippen LogP contribution in [0, 0.1) is 6.07 Å². The van der Waals surface area contributed by atoms with Crippen LogP contribution in [0.25, 0.3) is 0 Å². The van der Waals surface area contributed by atoms with E-state index in [1.807, 2.05) is 6.07 Å². The fourth-order valence-electron chi connectivity index (χ4n) is 0.481. The molecule has 1 nitrogen and oxygen atoms in total. The van der Waals surface area contributed by atoms with Crippen LogP contribution in [0.1, 0.15) is 11.8 Å². The van der Waals surface area contributed by atoms with Crippen molar-refractivity contribution in [2.45, 2.75) is 0 Å². The molecular formula is C7H6OSr. The monoisotopic (exact) mass is 194 g/mol. The van der Waals surface area contributed by atoms with Gasteiger partial charge in [0.05, 0.1) is 6.29 Å². The second-order valence-corrected chi connectivity index (χ2v) is 1.44. The first-order valence-corrected chi connectivity index (χ1v) is 2.35. The number of rotatable bonds is 1. The summed E-state index contributed by atoms with van der Waals surface area (Å²) in [5, 5.41) is 0. The van der Waals surface area contributed by atoms with Gasteiger partial charge in [-0.15, -0.1) is 35.9 Å². The molecule has 0 unspecified atom stereocenters. The van der Waals surface area contributed by atoms with E-state index in [-0.39, 0.29) is 46.9 Å². The minimum absolute atomic E-state index is 0. The second-order valence-electron chi connectivity index (χ2n) is 1.44. The van der Waals surface area contributed by atoms with Gasteiger partial charge in [0.2, 0.25) is 0 Å². The van der Waals surface area contributed by atoms with Crippen LogP contribution in [0.4, 0.5) is 0 Å². The fourth-order valence-corrected chi connectivity index (χ4v) is 0.481. The molecule has 0 aliphatic carbocycles. The van der Waals surface area contributed by atoms with Crippen LogP contribution < -0.4 is 0 Å². The first kappa shape index (κ1) is 9.37. The zero-order chi connectivity index (χ0) is 5.82. The van der Waals surface area contributed by atoms with Crippen LogP contribution in [0.15, 0.2) is 24.3 Å².